The monoisotopic (exact) mass is 197 g/mol. The average Bonchev–Trinajstić information content (AvgIpc) is 1.94. The summed E-state index contributed by atoms with van der Waals surface area (Å²) < 4.78 is 0.502. The summed E-state index contributed by atoms with van der Waals surface area (Å²) in [7, 11) is 0. The van der Waals surface area contributed by atoms with Gasteiger partial charge in [0.25, 0.3) is 0 Å². The van der Waals surface area contributed by atoms with Crippen molar-refractivity contribution in [3.63, 3.8) is 0 Å². The number of hydrogen-bond donors (Lipinski definition) is 2. The highest BCUT2D eigenvalue weighted by atomic mass is 32.1. The van der Waals surface area contributed by atoms with Crippen molar-refractivity contribution in [2.45, 2.75) is 13.8 Å². The van der Waals surface area contributed by atoms with Crippen molar-refractivity contribution < 1.29 is 0 Å². The molecule has 0 atom stereocenters. The largest absolute Gasteiger partial charge is 0.341 e. The van der Waals surface area contributed by atoms with E-state index in [9.17, 15) is 0 Å². The highest BCUT2D eigenvalue weighted by Gasteiger charge is 1.97. The summed E-state index contributed by atoms with van der Waals surface area (Å²) in [6, 6.07) is 6.16. The summed E-state index contributed by atoms with van der Waals surface area (Å²) in [6.07, 6.45) is 0. The van der Waals surface area contributed by atoms with E-state index in [1.54, 1.807) is 0 Å². The van der Waals surface area contributed by atoms with Crippen LogP contribution in [-0.2, 0) is 0 Å². The minimum atomic E-state index is 0.502. The van der Waals surface area contributed by atoms with Gasteiger partial charge in [-0.3, -0.25) is 0 Å². The van der Waals surface area contributed by atoms with Crippen molar-refractivity contribution in [1.29, 1.82) is 0 Å². The zero-order valence-corrected chi connectivity index (χ0v) is 8.80. The normalized spacial score (nSPS) is 9.58. The molecule has 3 heteroatoms. The van der Waals surface area contributed by atoms with E-state index in [0.717, 1.165) is 5.69 Å². The standard InChI is InChI=1S/C9H11NS2/c1-6-3-4-8(7(2)5-6)10-9(11)12/h3-5H,1-2H3,(H2,10,11,12). The molecule has 0 aliphatic rings. The average molecular weight is 197 g/mol. The molecule has 64 valence electrons. The van der Waals surface area contributed by atoms with Gasteiger partial charge in [0, 0.05) is 5.69 Å². The van der Waals surface area contributed by atoms with Crippen LogP contribution in [0, 0.1) is 13.8 Å². The Balaban J connectivity index is 2.93. The predicted molar refractivity (Wildman–Crippen MR) is 61.1 cm³/mol. The summed E-state index contributed by atoms with van der Waals surface area (Å²) in [5.74, 6) is 0. The highest BCUT2D eigenvalue weighted by Crippen LogP contribution is 2.16. The molecule has 0 bridgehead atoms. The molecular formula is C9H11NS2. The smallest absolute Gasteiger partial charge is 0.135 e. The number of aryl methyl sites for hydroxylation is 2. The molecule has 0 aliphatic heterocycles. The Bertz CT molecular complexity index is 307. The second-order valence-electron chi connectivity index (χ2n) is 2.75. The van der Waals surface area contributed by atoms with Gasteiger partial charge in [-0.15, -0.1) is 12.6 Å². The fourth-order valence-corrected chi connectivity index (χ4v) is 1.30. The van der Waals surface area contributed by atoms with Crippen molar-refractivity contribution in [2.75, 3.05) is 5.32 Å². The molecule has 0 saturated carbocycles. The van der Waals surface area contributed by atoms with Crippen molar-refractivity contribution in [1.82, 2.24) is 0 Å². The molecule has 1 nitrogen and oxygen atoms in total. The maximum atomic E-state index is 4.82. The lowest BCUT2D eigenvalue weighted by Gasteiger charge is -2.07. The number of thiol groups is 1. The first-order chi connectivity index (χ1) is 5.59. The summed E-state index contributed by atoms with van der Waals surface area (Å²) in [6.45, 7) is 4.11. The maximum Gasteiger partial charge on any atom is 0.135 e. The van der Waals surface area contributed by atoms with Gasteiger partial charge in [0.05, 0.1) is 0 Å². The summed E-state index contributed by atoms with van der Waals surface area (Å²) in [5, 5.41) is 3.00. The van der Waals surface area contributed by atoms with Gasteiger partial charge >= 0.3 is 0 Å². The Morgan fingerprint density at radius 3 is 2.58 bits per heavy atom. The van der Waals surface area contributed by atoms with Gasteiger partial charge in [-0.05, 0) is 25.5 Å². The van der Waals surface area contributed by atoms with Crippen molar-refractivity contribution in [3.8, 4) is 0 Å². The van der Waals surface area contributed by atoms with Crippen LogP contribution < -0.4 is 5.32 Å². The van der Waals surface area contributed by atoms with Crippen LogP contribution in [0.1, 0.15) is 11.1 Å². The minimum Gasteiger partial charge on any atom is -0.341 e. The van der Waals surface area contributed by atoms with E-state index in [1.165, 1.54) is 11.1 Å². The van der Waals surface area contributed by atoms with E-state index in [0.29, 0.717) is 4.32 Å². The molecule has 1 aromatic rings. The molecule has 0 saturated heterocycles. The summed E-state index contributed by atoms with van der Waals surface area (Å²) in [5.41, 5.74) is 3.47. The third-order valence-corrected chi connectivity index (χ3v) is 1.84. The van der Waals surface area contributed by atoms with Gasteiger partial charge in [0.1, 0.15) is 4.32 Å². The summed E-state index contributed by atoms with van der Waals surface area (Å²) >= 11 is 8.83. The molecule has 1 N–H and O–H groups in total. The Hall–Kier alpha value is -0.540. The Morgan fingerprint density at radius 1 is 1.42 bits per heavy atom. The lowest BCUT2D eigenvalue weighted by Crippen LogP contribution is -2.02. The SMILES string of the molecule is Cc1ccc(NC(=S)S)c(C)c1. The van der Waals surface area contributed by atoms with Crippen LogP contribution in [0.5, 0.6) is 0 Å². The van der Waals surface area contributed by atoms with Crippen LogP contribution in [0.3, 0.4) is 0 Å². The Labute approximate surface area is 83.6 Å². The molecule has 0 fully saturated rings. The second kappa shape index (κ2) is 3.92. The zero-order valence-electron chi connectivity index (χ0n) is 7.09. The molecule has 1 rings (SSSR count). The lowest BCUT2D eigenvalue weighted by atomic mass is 10.1. The molecule has 0 amide bonds. The number of rotatable bonds is 1. The van der Waals surface area contributed by atoms with Crippen LogP contribution >= 0.6 is 24.8 Å². The first-order valence-electron chi connectivity index (χ1n) is 3.67. The topological polar surface area (TPSA) is 12.0 Å². The van der Waals surface area contributed by atoms with Crippen molar-refractivity contribution >= 4 is 34.9 Å². The van der Waals surface area contributed by atoms with E-state index < -0.39 is 0 Å². The lowest BCUT2D eigenvalue weighted by molar-refractivity contribution is 1.38. The molecule has 1 aromatic carbocycles. The van der Waals surface area contributed by atoms with Crippen LogP contribution in [0.2, 0.25) is 0 Å². The molecule has 0 aliphatic carbocycles. The van der Waals surface area contributed by atoms with Gasteiger partial charge in [0.2, 0.25) is 0 Å². The van der Waals surface area contributed by atoms with Crippen molar-refractivity contribution in [2.24, 2.45) is 0 Å². The number of anilines is 1. The van der Waals surface area contributed by atoms with E-state index in [2.05, 4.69) is 30.9 Å². The highest BCUT2D eigenvalue weighted by molar-refractivity contribution is 8.11. The van der Waals surface area contributed by atoms with Crippen LogP contribution in [0.4, 0.5) is 5.69 Å². The number of nitrogens with one attached hydrogen (secondary N) is 1. The second-order valence-corrected chi connectivity index (χ2v) is 3.91. The fraction of sp³-hybridized carbons (Fsp3) is 0.222. The van der Waals surface area contributed by atoms with E-state index in [-0.39, 0.29) is 0 Å². The third-order valence-electron chi connectivity index (χ3n) is 1.62. The first-order valence-corrected chi connectivity index (χ1v) is 4.52. The van der Waals surface area contributed by atoms with Crippen molar-refractivity contribution in [3.05, 3.63) is 29.3 Å². The van der Waals surface area contributed by atoms with Gasteiger partial charge in [-0.2, -0.15) is 0 Å². The molecular weight excluding hydrogens is 186 g/mol. The number of thiocarbonyl (C=S) groups is 1. The van der Waals surface area contributed by atoms with Gasteiger partial charge < -0.3 is 5.32 Å². The first kappa shape index (κ1) is 9.55. The van der Waals surface area contributed by atoms with Gasteiger partial charge in [0.15, 0.2) is 0 Å². The molecule has 0 spiro atoms. The Morgan fingerprint density at radius 2 is 2.08 bits per heavy atom. The summed E-state index contributed by atoms with van der Waals surface area (Å²) in [4.78, 5) is 0. The van der Waals surface area contributed by atoms with Crippen LogP contribution in [-0.4, -0.2) is 4.32 Å². The minimum absolute atomic E-state index is 0.502. The quantitative estimate of drug-likeness (QED) is 0.530. The zero-order chi connectivity index (χ0) is 9.14. The molecule has 12 heavy (non-hydrogen) atoms. The van der Waals surface area contributed by atoms with E-state index in [1.807, 2.05) is 19.1 Å². The van der Waals surface area contributed by atoms with E-state index >= 15 is 0 Å². The Kier molecular flexibility index (Phi) is 3.12. The van der Waals surface area contributed by atoms with Gasteiger partial charge in [-0.1, -0.05) is 29.9 Å². The number of hydrogen-bond acceptors (Lipinski definition) is 1. The maximum absolute atomic E-state index is 4.82. The van der Waals surface area contributed by atoms with Crippen LogP contribution in [0.15, 0.2) is 18.2 Å². The van der Waals surface area contributed by atoms with Crippen LogP contribution in [0.25, 0.3) is 0 Å². The molecule has 0 unspecified atom stereocenters. The van der Waals surface area contributed by atoms with E-state index in [4.69, 9.17) is 12.2 Å². The fourth-order valence-electron chi connectivity index (χ4n) is 1.07. The molecule has 0 aromatic heterocycles. The predicted octanol–water partition coefficient (Wildman–Crippen LogP) is 2.93. The number of benzene rings is 1. The van der Waals surface area contributed by atoms with Gasteiger partial charge in [-0.25, -0.2) is 0 Å². The third kappa shape index (κ3) is 2.50. The molecule has 0 heterocycles. The molecule has 0 radical (unpaired) electrons.